The van der Waals surface area contributed by atoms with Gasteiger partial charge < -0.3 is 4.74 Å². The van der Waals surface area contributed by atoms with E-state index in [1.807, 2.05) is 31.7 Å². The number of hydrogen-bond acceptors (Lipinski definition) is 2. The molecule has 2 atom stereocenters. The lowest BCUT2D eigenvalue weighted by atomic mass is 9.83. The number of carbonyl (C=O) groups excluding carboxylic acids is 1. The minimum atomic E-state index is -0.536. The number of hydrogen-bond donors (Lipinski definition) is 0. The molecule has 1 fully saturated rings. The van der Waals surface area contributed by atoms with Gasteiger partial charge in [0.05, 0.1) is 6.04 Å². The molecule has 2 heterocycles. The zero-order chi connectivity index (χ0) is 18.2. The largest absolute Gasteiger partial charge is 0.444 e. The fraction of sp³-hybridized carbons (Fsp3) is 0.550. The van der Waals surface area contributed by atoms with E-state index in [0.717, 1.165) is 24.8 Å². The first kappa shape index (κ1) is 17.9. The van der Waals surface area contributed by atoms with Crippen LogP contribution in [0.4, 0.5) is 13.6 Å². The van der Waals surface area contributed by atoms with E-state index in [1.165, 1.54) is 18.2 Å². The van der Waals surface area contributed by atoms with Crippen molar-refractivity contribution in [2.45, 2.75) is 70.6 Å². The van der Waals surface area contributed by atoms with Crippen molar-refractivity contribution in [3.8, 4) is 0 Å². The van der Waals surface area contributed by atoms with Gasteiger partial charge in [0.25, 0.3) is 0 Å². The van der Waals surface area contributed by atoms with Gasteiger partial charge in [-0.05, 0) is 65.0 Å². The normalized spacial score (nSPS) is 23.2. The lowest BCUT2D eigenvalue weighted by Crippen LogP contribution is -2.53. The van der Waals surface area contributed by atoms with Gasteiger partial charge >= 0.3 is 6.09 Å². The van der Waals surface area contributed by atoms with Crippen LogP contribution in [0.5, 0.6) is 0 Å². The molecule has 0 aliphatic carbocycles. The highest BCUT2D eigenvalue weighted by Crippen LogP contribution is 2.36. The van der Waals surface area contributed by atoms with Gasteiger partial charge in [0.1, 0.15) is 17.2 Å². The molecule has 0 spiro atoms. The van der Waals surface area contributed by atoms with Gasteiger partial charge in [-0.3, -0.25) is 4.90 Å². The van der Waals surface area contributed by atoms with Gasteiger partial charge in [-0.25, -0.2) is 13.6 Å². The van der Waals surface area contributed by atoms with Crippen LogP contribution in [0.2, 0.25) is 0 Å². The summed E-state index contributed by atoms with van der Waals surface area (Å²) >= 11 is 0. The van der Waals surface area contributed by atoms with Crippen LogP contribution in [-0.2, 0) is 11.2 Å². The van der Waals surface area contributed by atoms with Gasteiger partial charge in [-0.15, -0.1) is 0 Å². The molecule has 0 radical (unpaired) electrons. The number of piperidine rings is 1. The Bertz CT molecular complexity index is 673. The average Bonchev–Trinajstić information content (AvgIpc) is 2.48. The Labute approximate surface area is 147 Å². The third-order valence-corrected chi connectivity index (χ3v) is 4.78. The summed E-state index contributed by atoms with van der Waals surface area (Å²) in [5.74, 6) is -1.03. The molecule has 3 rings (SSSR count). The maximum absolute atomic E-state index is 13.9. The number of ether oxygens (including phenoxy) is 1. The van der Waals surface area contributed by atoms with Crippen LogP contribution in [0.25, 0.3) is 0 Å². The highest BCUT2D eigenvalue weighted by Gasteiger charge is 2.39. The minimum absolute atomic E-state index is 0.0448. The van der Waals surface area contributed by atoms with E-state index in [2.05, 4.69) is 0 Å². The molecule has 0 aromatic heterocycles. The summed E-state index contributed by atoms with van der Waals surface area (Å²) in [4.78, 5) is 14.4. The van der Waals surface area contributed by atoms with Crippen LogP contribution in [0.3, 0.4) is 0 Å². The first-order chi connectivity index (χ1) is 11.7. The standard InChI is InChI=1S/C20H25F2NO2/c1-20(2,3)25-19(24)23-14-6-4-7-15(23)11-13(10-14)12-16-17(21)8-5-9-18(16)22/h5,8-10,14-15H,4,6-7,11-12H2,1-3H3. The van der Waals surface area contributed by atoms with E-state index < -0.39 is 17.2 Å². The maximum atomic E-state index is 13.9. The predicted molar refractivity (Wildman–Crippen MR) is 92.3 cm³/mol. The number of benzene rings is 1. The summed E-state index contributed by atoms with van der Waals surface area (Å²) in [6.45, 7) is 5.56. The average molecular weight is 349 g/mol. The van der Waals surface area contributed by atoms with Crippen molar-refractivity contribution in [2.24, 2.45) is 0 Å². The van der Waals surface area contributed by atoms with Crippen molar-refractivity contribution in [2.75, 3.05) is 0 Å². The number of carbonyl (C=O) groups is 1. The van der Waals surface area contributed by atoms with Gasteiger partial charge in [-0.1, -0.05) is 17.7 Å². The SMILES string of the molecule is CC(C)(C)OC(=O)N1C2C=C(Cc3c(F)cccc3F)CC1CCC2. The Hall–Kier alpha value is -1.91. The van der Waals surface area contributed by atoms with Gasteiger partial charge in [0, 0.05) is 11.6 Å². The van der Waals surface area contributed by atoms with Crippen molar-refractivity contribution in [3.63, 3.8) is 0 Å². The zero-order valence-electron chi connectivity index (χ0n) is 15.0. The Morgan fingerprint density at radius 3 is 2.52 bits per heavy atom. The molecule has 136 valence electrons. The molecule has 25 heavy (non-hydrogen) atoms. The van der Waals surface area contributed by atoms with Crippen molar-refractivity contribution in [1.29, 1.82) is 0 Å². The van der Waals surface area contributed by atoms with Crippen LogP contribution < -0.4 is 0 Å². The number of rotatable bonds is 2. The Kier molecular flexibility index (Phi) is 4.85. The second-order valence-electron chi connectivity index (χ2n) is 7.95. The van der Waals surface area contributed by atoms with Gasteiger partial charge in [-0.2, -0.15) is 0 Å². The van der Waals surface area contributed by atoms with Crippen molar-refractivity contribution in [3.05, 3.63) is 47.0 Å². The molecule has 0 saturated carbocycles. The second-order valence-corrected chi connectivity index (χ2v) is 7.95. The number of halogens is 2. The summed E-state index contributed by atoms with van der Waals surface area (Å²) in [7, 11) is 0. The highest BCUT2D eigenvalue weighted by atomic mass is 19.1. The molecule has 1 amide bonds. The molecule has 2 aliphatic rings. The second kappa shape index (κ2) is 6.77. The fourth-order valence-electron chi connectivity index (χ4n) is 3.78. The highest BCUT2D eigenvalue weighted by molar-refractivity contribution is 5.70. The van der Waals surface area contributed by atoms with Crippen LogP contribution in [0.1, 0.15) is 52.0 Å². The fourth-order valence-corrected chi connectivity index (χ4v) is 3.78. The Morgan fingerprint density at radius 2 is 1.92 bits per heavy atom. The summed E-state index contributed by atoms with van der Waals surface area (Å²) in [6, 6.07) is 3.95. The zero-order valence-corrected chi connectivity index (χ0v) is 15.0. The maximum Gasteiger partial charge on any atom is 0.411 e. The third-order valence-electron chi connectivity index (χ3n) is 4.78. The molecule has 1 saturated heterocycles. The van der Waals surface area contributed by atoms with E-state index in [0.29, 0.717) is 6.42 Å². The minimum Gasteiger partial charge on any atom is -0.444 e. The smallest absolute Gasteiger partial charge is 0.411 e. The molecule has 0 N–H and O–H groups in total. The molecule has 1 aromatic carbocycles. The van der Waals surface area contributed by atoms with Crippen molar-refractivity contribution in [1.82, 2.24) is 4.90 Å². The van der Waals surface area contributed by atoms with Crippen LogP contribution >= 0.6 is 0 Å². The number of nitrogens with zero attached hydrogens (tertiary/aromatic N) is 1. The predicted octanol–water partition coefficient (Wildman–Crippen LogP) is 5.00. The molecule has 1 aromatic rings. The molecule has 2 unspecified atom stereocenters. The van der Waals surface area contributed by atoms with Gasteiger partial charge in [0.15, 0.2) is 0 Å². The van der Waals surface area contributed by atoms with E-state index >= 15 is 0 Å². The lowest BCUT2D eigenvalue weighted by molar-refractivity contribution is -0.00152. The molecule has 2 bridgehead atoms. The summed E-state index contributed by atoms with van der Waals surface area (Å²) < 4.78 is 33.4. The Balaban J connectivity index is 1.80. The lowest BCUT2D eigenvalue weighted by Gasteiger charge is -2.45. The van der Waals surface area contributed by atoms with Crippen LogP contribution in [-0.4, -0.2) is 28.7 Å². The van der Waals surface area contributed by atoms with Gasteiger partial charge in [0.2, 0.25) is 0 Å². The first-order valence-corrected chi connectivity index (χ1v) is 8.88. The van der Waals surface area contributed by atoms with Crippen molar-refractivity contribution < 1.29 is 18.3 Å². The Morgan fingerprint density at radius 1 is 1.24 bits per heavy atom. The molecule has 2 aliphatic heterocycles. The number of fused-ring (bicyclic) bond motifs is 2. The third kappa shape index (κ3) is 4.02. The summed E-state index contributed by atoms with van der Waals surface area (Å²) in [5, 5.41) is 0. The summed E-state index contributed by atoms with van der Waals surface area (Å²) in [5.41, 5.74) is 0.571. The quantitative estimate of drug-likeness (QED) is 0.704. The summed E-state index contributed by atoms with van der Waals surface area (Å²) in [6.07, 6.45) is 5.41. The molecule has 3 nitrogen and oxygen atoms in total. The number of amides is 1. The van der Waals surface area contributed by atoms with Crippen LogP contribution in [0, 0.1) is 11.6 Å². The first-order valence-electron chi connectivity index (χ1n) is 8.88. The topological polar surface area (TPSA) is 29.5 Å². The van der Waals surface area contributed by atoms with E-state index in [-0.39, 0.29) is 30.2 Å². The molecule has 5 heteroatoms. The molecular weight excluding hydrogens is 324 g/mol. The monoisotopic (exact) mass is 349 g/mol. The van der Waals surface area contributed by atoms with Crippen molar-refractivity contribution >= 4 is 6.09 Å². The molecular formula is C20H25F2NO2. The van der Waals surface area contributed by atoms with E-state index in [9.17, 15) is 13.6 Å². The van der Waals surface area contributed by atoms with Crippen LogP contribution in [0.15, 0.2) is 29.8 Å². The van der Waals surface area contributed by atoms with E-state index in [4.69, 9.17) is 4.74 Å². The van der Waals surface area contributed by atoms with E-state index in [1.54, 1.807) is 0 Å².